The lowest BCUT2D eigenvalue weighted by molar-refractivity contribution is 0.397. The summed E-state index contributed by atoms with van der Waals surface area (Å²) in [6.45, 7) is 1.03. The number of piperidine rings is 1. The minimum atomic E-state index is -4.02. The van der Waals surface area contributed by atoms with Crippen molar-refractivity contribution in [1.29, 1.82) is 0 Å². The van der Waals surface area contributed by atoms with Crippen LogP contribution in [-0.4, -0.2) is 27.5 Å². The lowest BCUT2D eigenvalue weighted by Gasteiger charge is -2.23. The summed E-state index contributed by atoms with van der Waals surface area (Å²) >= 11 is 0. The van der Waals surface area contributed by atoms with E-state index in [0.717, 1.165) is 37.9 Å². The third kappa shape index (κ3) is 3.49. The van der Waals surface area contributed by atoms with Crippen LogP contribution in [0.1, 0.15) is 19.3 Å². The molecule has 1 fully saturated rings. The van der Waals surface area contributed by atoms with Crippen molar-refractivity contribution in [2.45, 2.75) is 30.2 Å². The molecule has 0 aliphatic carbocycles. The summed E-state index contributed by atoms with van der Waals surface area (Å²) in [6, 6.07) is 3.15. The van der Waals surface area contributed by atoms with Crippen molar-refractivity contribution in [2.24, 2.45) is 0 Å². The molecule has 0 aromatic heterocycles. The van der Waals surface area contributed by atoms with Crippen LogP contribution in [0.15, 0.2) is 23.1 Å². The van der Waals surface area contributed by atoms with Crippen LogP contribution in [0.2, 0.25) is 0 Å². The maximum atomic E-state index is 13.5. The third-order valence-corrected chi connectivity index (χ3v) is 4.58. The van der Waals surface area contributed by atoms with Gasteiger partial charge in [0, 0.05) is 12.6 Å². The van der Waals surface area contributed by atoms with E-state index in [9.17, 15) is 17.2 Å². The highest BCUT2D eigenvalue weighted by Gasteiger charge is 2.23. The van der Waals surface area contributed by atoms with E-state index in [0.29, 0.717) is 0 Å². The predicted molar refractivity (Wildman–Crippen MR) is 67.2 cm³/mol. The standard InChI is InChI=1S/C12H16F2N2O2S/c13-10-5-3-6-11(12(10)14)19(17,18)16-8-9-4-1-2-7-15-9/h3,5-6,9,15-16H,1-2,4,7-8H2/t9-/m1/s1. The second-order valence-electron chi connectivity index (χ2n) is 4.55. The highest BCUT2D eigenvalue weighted by atomic mass is 32.2. The van der Waals surface area contributed by atoms with Gasteiger partial charge in [0.15, 0.2) is 11.6 Å². The van der Waals surface area contributed by atoms with Crippen molar-refractivity contribution in [2.75, 3.05) is 13.1 Å². The Hall–Kier alpha value is -1.05. The molecule has 0 radical (unpaired) electrons. The van der Waals surface area contributed by atoms with Gasteiger partial charge in [0.25, 0.3) is 0 Å². The molecule has 19 heavy (non-hydrogen) atoms. The second-order valence-corrected chi connectivity index (χ2v) is 6.29. The van der Waals surface area contributed by atoms with Crippen molar-refractivity contribution in [1.82, 2.24) is 10.0 Å². The molecule has 106 valence electrons. The zero-order valence-electron chi connectivity index (χ0n) is 10.3. The van der Waals surface area contributed by atoms with Crippen LogP contribution in [-0.2, 0) is 10.0 Å². The number of sulfonamides is 1. The van der Waals surface area contributed by atoms with Crippen LogP contribution in [0.3, 0.4) is 0 Å². The average Bonchev–Trinajstić information content (AvgIpc) is 2.41. The second kappa shape index (κ2) is 5.94. The van der Waals surface area contributed by atoms with Crippen molar-refractivity contribution >= 4 is 10.0 Å². The summed E-state index contributed by atoms with van der Waals surface area (Å²) in [5.74, 6) is -2.51. The number of hydrogen-bond acceptors (Lipinski definition) is 3. The minimum absolute atomic E-state index is 0.0418. The van der Waals surface area contributed by atoms with E-state index in [1.807, 2.05) is 0 Å². The zero-order chi connectivity index (χ0) is 13.9. The fourth-order valence-electron chi connectivity index (χ4n) is 2.08. The molecule has 1 aromatic carbocycles. The van der Waals surface area contributed by atoms with Gasteiger partial charge in [-0.1, -0.05) is 12.5 Å². The number of halogens is 2. The van der Waals surface area contributed by atoms with E-state index in [1.54, 1.807) is 0 Å². The van der Waals surface area contributed by atoms with Gasteiger partial charge in [-0.2, -0.15) is 0 Å². The highest BCUT2D eigenvalue weighted by Crippen LogP contribution is 2.17. The van der Waals surface area contributed by atoms with Gasteiger partial charge in [-0.05, 0) is 31.5 Å². The van der Waals surface area contributed by atoms with Crippen LogP contribution >= 0.6 is 0 Å². The van der Waals surface area contributed by atoms with Crippen molar-refractivity contribution < 1.29 is 17.2 Å². The topological polar surface area (TPSA) is 58.2 Å². The quantitative estimate of drug-likeness (QED) is 0.881. The minimum Gasteiger partial charge on any atom is -0.313 e. The largest absolute Gasteiger partial charge is 0.313 e. The van der Waals surface area contributed by atoms with E-state index in [-0.39, 0.29) is 12.6 Å². The van der Waals surface area contributed by atoms with Crippen LogP contribution in [0.4, 0.5) is 8.78 Å². The van der Waals surface area contributed by atoms with Gasteiger partial charge in [0.1, 0.15) is 4.90 Å². The fourth-order valence-corrected chi connectivity index (χ4v) is 3.25. The molecule has 1 atom stereocenters. The normalized spacial score (nSPS) is 20.4. The Morgan fingerprint density at radius 1 is 1.32 bits per heavy atom. The summed E-state index contributed by atoms with van der Waals surface area (Å²) in [6.07, 6.45) is 2.98. The van der Waals surface area contributed by atoms with Crippen LogP contribution in [0, 0.1) is 11.6 Å². The summed E-state index contributed by atoms with van der Waals surface area (Å²) in [4.78, 5) is -0.650. The SMILES string of the molecule is O=S(=O)(NC[C@H]1CCCCN1)c1cccc(F)c1F. The van der Waals surface area contributed by atoms with Crippen molar-refractivity contribution in [3.05, 3.63) is 29.8 Å². The zero-order valence-corrected chi connectivity index (χ0v) is 11.1. The van der Waals surface area contributed by atoms with Gasteiger partial charge in [0.2, 0.25) is 10.0 Å². The Morgan fingerprint density at radius 2 is 2.11 bits per heavy atom. The first-order valence-electron chi connectivity index (χ1n) is 6.18. The van der Waals surface area contributed by atoms with Crippen molar-refractivity contribution in [3.63, 3.8) is 0 Å². The molecule has 1 heterocycles. The number of benzene rings is 1. The van der Waals surface area contributed by atoms with Gasteiger partial charge in [-0.3, -0.25) is 0 Å². The van der Waals surface area contributed by atoms with Gasteiger partial charge in [-0.15, -0.1) is 0 Å². The molecule has 2 N–H and O–H groups in total. The Balaban J connectivity index is 2.07. The van der Waals surface area contributed by atoms with Gasteiger partial charge >= 0.3 is 0 Å². The van der Waals surface area contributed by atoms with E-state index >= 15 is 0 Å². The first kappa shape index (κ1) is 14.4. The molecule has 2 rings (SSSR count). The number of rotatable bonds is 4. The molecule has 1 aromatic rings. The third-order valence-electron chi connectivity index (χ3n) is 3.14. The molecule has 0 bridgehead atoms. The van der Waals surface area contributed by atoms with Crippen LogP contribution < -0.4 is 10.0 Å². The predicted octanol–water partition coefficient (Wildman–Crippen LogP) is 1.39. The summed E-state index contributed by atoms with van der Waals surface area (Å²) < 4.78 is 52.6. The maximum absolute atomic E-state index is 13.5. The first-order valence-corrected chi connectivity index (χ1v) is 7.66. The average molecular weight is 290 g/mol. The molecule has 0 unspecified atom stereocenters. The van der Waals surface area contributed by atoms with Gasteiger partial charge in [-0.25, -0.2) is 21.9 Å². The summed E-state index contributed by atoms with van der Waals surface area (Å²) in [5, 5.41) is 3.17. The first-order chi connectivity index (χ1) is 9.00. The summed E-state index contributed by atoms with van der Waals surface area (Å²) in [5.41, 5.74) is 0. The van der Waals surface area contributed by atoms with Crippen LogP contribution in [0.25, 0.3) is 0 Å². The molecule has 7 heteroatoms. The molecule has 1 aliphatic heterocycles. The Kier molecular flexibility index (Phi) is 4.49. The van der Waals surface area contributed by atoms with E-state index in [2.05, 4.69) is 10.0 Å². The van der Waals surface area contributed by atoms with Crippen molar-refractivity contribution in [3.8, 4) is 0 Å². The highest BCUT2D eigenvalue weighted by molar-refractivity contribution is 7.89. The fraction of sp³-hybridized carbons (Fsp3) is 0.500. The van der Waals surface area contributed by atoms with Crippen LogP contribution in [0.5, 0.6) is 0 Å². The molecule has 0 spiro atoms. The van der Waals surface area contributed by atoms with E-state index in [4.69, 9.17) is 0 Å². The molecule has 0 saturated carbocycles. The van der Waals surface area contributed by atoms with Gasteiger partial charge < -0.3 is 5.32 Å². The Bertz CT molecular complexity index is 543. The van der Waals surface area contributed by atoms with E-state index in [1.165, 1.54) is 6.07 Å². The molecule has 1 aliphatic rings. The number of hydrogen-bond donors (Lipinski definition) is 2. The molecule has 0 amide bonds. The Labute approximate surface area is 111 Å². The van der Waals surface area contributed by atoms with E-state index < -0.39 is 26.6 Å². The van der Waals surface area contributed by atoms with Gasteiger partial charge in [0.05, 0.1) is 0 Å². The maximum Gasteiger partial charge on any atom is 0.243 e. The molecule has 1 saturated heterocycles. The molecule has 4 nitrogen and oxygen atoms in total. The molecular formula is C12H16F2N2O2S. The lowest BCUT2D eigenvalue weighted by Crippen LogP contribution is -2.43. The Morgan fingerprint density at radius 3 is 2.79 bits per heavy atom. The number of nitrogens with one attached hydrogen (secondary N) is 2. The lowest BCUT2D eigenvalue weighted by atomic mass is 10.1. The molecular weight excluding hydrogens is 274 g/mol. The summed E-state index contributed by atoms with van der Waals surface area (Å²) in [7, 11) is -4.02. The monoisotopic (exact) mass is 290 g/mol. The smallest absolute Gasteiger partial charge is 0.243 e.